The number of nitrogens with two attached hydrogens (primary N) is 1. The van der Waals surface area contributed by atoms with Crippen molar-refractivity contribution in [2.24, 2.45) is 5.73 Å². The SMILES string of the molecule is CC1CN(c2c(C(N)=O)cnc3ccccc23)CC(C)N1. The molecule has 1 fully saturated rings. The van der Waals surface area contributed by atoms with E-state index in [4.69, 9.17) is 5.73 Å². The van der Waals surface area contributed by atoms with Crippen molar-refractivity contribution >= 4 is 22.5 Å². The molecule has 5 nitrogen and oxygen atoms in total. The van der Waals surface area contributed by atoms with Crippen LogP contribution < -0.4 is 16.0 Å². The number of carbonyl (C=O) groups excluding carboxylic acids is 1. The van der Waals surface area contributed by atoms with Gasteiger partial charge >= 0.3 is 0 Å². The molecular weight excluding hydrogens is 264 g/mol. The molecule has 1 aliphatic heterocycles. The highest BCUT2D eigenvalue weighted by atomic mass is 16.1. The monoisotopic (exact) mass is 284 g/mol. The number of primary amides is 1. The first-order valence-electron chi connectivity index (χ1n) is 7.25. The number of amides is 1. The Balaban J connectivity index is 2.18. The lowest BCUT2D eigenvalue weighted by atomic mass is 10.0. The lowest BCUT2D eigenvalue weighted by Crippen LogP contribution is -2.54. The number of hydrogen-bond acceptors (Lipinski definition) is 4. The summed E-state index contributed by atoms with van der Waals surface area (Å²) >= 11 is 0. The second-order valence-corrected chi connectivity index (χ2v) is 5.78. The van der Waals surface area contributed by atoms with Gasteiger partial charge in [-0.15, -0.1) is 0 Å². The van der Waals surface area contributed by atoms with Gasteiger partial charge in [-0.1, -0.05) is 18.2 Å². The molecule has 3 rings (SSSR count). The third-order valence-electron chi connectivity index (χ3n) is 3.89. The molecule has 2 aromatic rings. The number of pyridine rings is 1. The van der Waals surface area contributed by atoms with Gasteiger partial charge in [0.05, 0.1) is 16.8 Å². The summed E-state index contributed by atoms with van der Waals surface area (Å²) in [6.45, 7) is 5.99. The van der Waals surface area contributed by atoms with Gasteiger partial charge in [-0.3, -0.25) is 9.78 Å². The van der Waals surface area contributed by atoms with E-state index in [9.17, 15) is 4.79 Å². The Morgan fingerprint density at radius 2 is 1.95 bits per heavy atom. The van der Waals surface area contributed by atoms with Gasteiger partial charge in [0, 0.05) is 36.8 Å². The van der Waals surface area contributed by atoms with Crippen LogP contribution >= 0.6 is 0 Å². The highest BCUT2D eigenvalue weighted by Gasteiger charge is 2.25. The quantitative estimate of drug-likeness (QED) is 0.877. The number of benzene rings is 1. The van der Waals surface area contributed by atoms with Gasteiger partial charge in [-0.2, -0.15) is 0 Å². The molecule has 0 saturated carbocycles. The number of rotatable bonds is 2. The Bertz CT molecular complexity index is 675. The second kappa shape index (κ2) is 5.33. The number of para-hydroxylation sites is 1. The molecular formula is C16H20N4O. The van der Waals surface area contributed by atoms with Gasteiger partial charge in [0.1, 0.15) is 0 Å². The van der Waals surface area contributed by atoms with Crippen LogP contribution in [0.4, 0.5) is 5.69 Å². The Kier molecular flexibility index (Phi) is 3.51. The first-order valence-corrected chi connectivity index (χ1v) is 7.25. The molecule has 3 N–H and O–H groups in total. The van der Waals surface area contributed by atoms with Gasteiger partial charge < -0.3 is 16.0 Å². The summed E-state index contributed by atoms with van der Waals surface area (Å²) in [6.07, 6.45) is 1.59. The van der Waals surface area contributed by atoms with E-state index in [2.05, 4.69) is 29.0 Å². The maximum atomic E-state index is 11.8. The van der Waals surface area contributed by atoms with E-state index in [0.717, 1.165) is 29.7 Å². The maximum absolute atomic E-state index is 11.8. The van der Waals surface area contributed by atoms with Gasteiger partial charge in [0.25, 0.3) is 5.91 Å². The molecule has 110 valence electrons. The topological polar surface area (TPSA) is 71.2 Å². The zero-order valence-corrected chi connectivity index (χ0v) is 12.3. The molecule has 5 heteroatoms. The third-order valence-corrected chi connectivity index (χ3v) is 3.89. The van der Waals surface area contributed by atoms with E-state index in [0.29, 0.717) is 17.6 Å². The fourth-order valence-electron chi connectivity index (χ4n) is 3.16. The van der Waals surface area contributed by atoms with Crippen LogP contribution in [0, 0.1) is 0 Å². The molecule has 1 aromatic heterocycles. The highest BCUT2D eigenvalue weighted by molar-refractivity contribution is 6.06. The molecule has 0 aliphatic carbocycles. The van der Waals surface area contributed by atoms with E-state index < -0.39 is 5.91 Å². The van der Waals surface area contributed by atoms with Gasteiger partial charge in [0.15, 0.2) is 0 Å². The zero-order chi connectivity index (χ0) is 15.0. The van der Waals surface area contributed by atoms with E-state index in [1.54, 1.807) is 6.20 Å². The smallest absolute Gasteiger partial charge is 0.252 e. The molecule has 0 radical (unpaired) electrons. The van der Waals surface area contributed by atoms with Crippen molar-refractivity contribution in [1.82, 2.24) is 10.3 Å². The number of nitrogens with zero attached hydrogens (tertiary/aromatic N) is 2. The minimum Gasteiger partial charge on any atom is -0.367 e. The summed E-state index contributed by atoms with van der Waals surface area (Å²) in [7, 11) is 0. The Morgan fingerprint density at radius 3 is 2.62 bits per heavy atom. The molecule has 2 unspecified atom stereocenters. The summed E-state index contributed by atoms with van der Waals surface area (Å²) in [5.41, 5.74) is 7.85. The summed E-state index contributed by atoms with van der Waals surface area (Å²) in [4.78, 5) is 18.4. The number of hydrogen-bond donors (Lipinski definition) is 2. The van der Waals surface area contributed by atoms with Crippen LogP contribution in [0.2, 0.25) is 0 Å². The Morgan fingerprint density at radius 1 is 1.29 bits per heavy atom. The van der Waals surface area contributed by atoms with Crippen molar-refractivity contribution in [3.8, 4) is 0 Å². The summed E-state index contributed by atoms with van der Waals surface area (Å²) in [5.74, 6) is -0.429. The number of piperazine rings is 1. The molecule has 1 amide bonds. The predicted molar refractivity (Wildman–Crippen MR) is 84.5 cm³/mol. The second-order valence-electron chi connectivity index (χ2n) is 5.78. The van der Waals surface area contributed by atoms with E-state index in [1.165, 1.54) is 0 Å². The zero-order valence-electron chi connectivity index (χ0n) is 12.3. The molecule has 0 spiro atoms. The normalized spacial score (nSPS) is 22.5. The number of fused-ring (bicyclic) bond motifs is 1. The molecule has 2 heterocycles. The van der Waals surface area contributed by atoms with Crippen LogP contribution in [0.25, 0.3) is 10.9 Å². The molecule has 1 saturated heterocycles. The van der Waals surface area contributed by atoms with Gasteiger partial charge in [0.2, 0.25) is 0 Å². The van der Waals surface area contributed by atoms with Gasteiger partial charge in [-0.05, 0) is 19.9 Å². The minimum absolute atomic E-state index is 0.362. The lowest BCUT2D eigenvalue weighted by Gasteiger charge is -2.38. The van der Waals surface area contributed by atoms with Crippen molar-refractivity contribution < 1.29 is 4.79 Å². The van der Waals surface area contributed by atoms with E-state index in [1.807, 2.05) is 24.3 Å². The first-order chi connectivity index (χ1) is 10.1. The Hall–Kier alpha value is -2.14. The molecule has 1 aromatic carbocycles. The van der Waals surface area contributed by atoms with Crippen molar-refractivity contribution in [2.45, 2.75) is 25.9 Å². The van der Waals surface area contributed by atoms with Crippen LogP contribution in [0.3, 0.4) is 0 Å². The number of aromatic nitrogens is 1. The molecule has 2 atom stereocenters. The average molecular weight is 284 g/mol. The first kappa shape index (κ1) is 13.8. The van der Waals surface area contributed by atoms with Crippen molar-refractivity contribution in [1.29, 1.82) is 0 Å². The van der Waals surface area contributed by atoms with Crippen LogP contribution in [-0.4, -0.2) is 36.1 Å². The Labute approximate surface area is 124 Å². The van der Waals surface area contributed by atoms with E-state index in [-0.39, 0.29) is 0 Å². The average Bonchev–Trinajstić information content (AvgIpc) is 2.44. The minimum atomic E-state index is -0.429. The lowest BCUT2D eigenvalue weighted by molar-refractivity contribution is 0.100. The van der Waals surface area contributed by atoms with Crippen molar-refractivity contribution in [3.05, 3.63) is 36.0 Å². The summed E-state index contributed by atoms with van der Waals surface area (Å²) in [5, 5.41) is 4.48. The van der Waals surface area contributed by atoms with Crippen LogP contribution in [0.1, 0.15) is 24.2 Å². The molecule has 0 bridgehead atoms. The van der Waals surface area contributed by atoms with Crippen molar-refractivity contribution in [2.75, 3.05) is 18.0 Å². The number of nitrogens with one attached hydrogen (secondary N) is 1. The fraction of sp³-hybridized carbons (Fsp3) is 0.375. The largest absolute Gasteiger partial charge is 0.367 e. The summed E-state index contributed by atoms with van der Waals surface area (Å²) < 4.78 is 0. The van der Waals surface area contributed by atoms with Crippen LogP contribution in [0.15, 0.2) is 30.5 Å². The summed E-state index contributed by atoms with van der Waals surface area (Å²) in [6, 6.07) is 8.60. The number of carbonyl (C=O) groups is 1. The van der Waals surface area contributed by atoms with Crippen LogP contribution in [0.5, 0.6) is 0 Å². The number of anilines is 1. The predicted octanol–water partition coefficient (Wildman–Crippen LogP) is 1.52. The van der Waals surface area contributed by atoms with Crippen LogP contribution in [-0.2, 0) is 0 Å². The van der Waals surface area contributed by atoms with Crippen molar-refractivity contribution in [3.63, 3.8) is 0 Å². The van der Waals surface area contributed by atoms with Gasteiger partial charge in [-0.25, -0.2) is 0 Å². The maximum Gasteiger partial charge on any atom is 0.252 e. The standard InChI is InChI=1S/C16H20N4O/c1-10-8-20(9-11(2)19-10)15-12-5-3-4-6-14(12)18-7-13(15)16(17)21/h3-7,10-11,19H,8-9H2,1-2H3,(H2,17,21). The van der Waals surface area contributed by atoms with E-state index >= 15 is 0 Å². The molecule has 21 heavy (non-hydrogen) atoms. The highest BCUT2D eigenvalue weighted by Crippen LogP contribution is 2.30. The molecule has 1 aliphatic rings. The fourth-order valence-corrected chi connectivity index (χ4v) is 3.16. The third kappa shape index (κ3) is 2.56.